The van der Waals surface area contributed by atoms with Crippen LogP contribution in [0.15, 0.2) is 11.4 Å². The number of nitro groups is 1. The highest BCUT2D eigenvalue weighted by atomic mass is 32.2. The van der Waals surface area contributed by atoms with E-state index in [1.165, 1.54) is 0 Å². The van der Waals surface area contributed by atoms with Crippen molar-refractivity contribution in [3.63, 3.8) is 0 Å². The minimum atomic E-state index is -0.969. The summed E-state index contributed by atoms with van der Waals surface area (Å²) in [6.45, 7) is -0.423. The van der Waals surface area contributed by atoms with Gasteiger partial charge in [-0.1, -0.05) is 11.8 Å². The summed E-state index contributed by atoms with van der Waals surface area (Å²) in [4.78, 5) is 17.5. The highest BCUT2D eigenvalue weighted by molar-refractivity contribution is 7.99. The number of nitrogens with two attached hydrogens (primary N) is 1. The Morgan fingerprint density at radius 1 is 1.65 bits per heavy atom. The maximum Gasteiger partial charge on any atom is 0.344 e. The molecule has 17 heavy (non-hydrogen) atoms. The number of nitrogens with zero attached hydrogens (tertiary/aromatic N) is 3. The van der Waals surface area contributed by atoms with Crippen LogP contribution < -0.4 is 11.3 Å². The van der Waals surface area contributed by atoms with Crippen molar-refractivity contribution < 1.29 is 15.1 Å². The summed E-state index contributed by atoms with van der Waals surface area (Å²) in [5.74, 6) is 5.07. The molecule has 9 nitrogen and oxygen atoms in total. The zero-order chi connectivity index (χ0) is 12.8. The summed E-state index contributed by atoms with van der Waals surface area (Å²) in [5, 5.41) is 28.7. The molecule has 0 aliphatic heterocycles. The molecule has 0 bridgehead atoms. The van der Waals surface area contributed by atoms with Crippen LogP contribution in [-0.4, -0.2) is 43.6 Å². The number of hydrazine groups is 1. The Labute approximate surface area is 100 Å². The minimum Gasteiger partial charge on any atom is -0.394 e. The van der Waals surface area contributed by atoms with Gasteiger partial charge in [0.1, 0.15) is 6.33 Å². The molecule has 5 N–H and O–H groups in total. The van der Waals surface area contributed by atoms with Gasteiger partial charge in [-0.2, -0.15) is 0 Å². The van der Waals surface area contributed by atoms with E-state index in [-0.39, 0.29) is 22.3 Å². The van der Waals surface area contributed by atoms with E-state index in [4.69, 9.17) is 16.1 Å². The molecule has 1 atom stereocenters. The Kier molecular flexibility index (Phi) is 5.03. The number of hydrogen-bond acceptors (Lipinski definition) is 9. The second-order valence-corrected chi connectivity index (χ2v) is 3.93. The summed E-state index contributed by atoms with van der Waals surface area (Å²) in [5.41, 5.74) is 1.74. The van der Waals surface area contributed by atoms with E-state index >= 15 is 0 Å². The van der Waals surface area contributed by atoms with Crippen molar-refractivity contribution in [3.05, 3.63) is 16.4 Å². The molecular weight excluding hydrogens is 250 g/mol. The molecule has 10 heteroatoms. The molecule has 1 rings (SSSR count). The van der Waals surface area contributed by atoms with Gasteiger partial charge in [-0.25, -0.2) is 15.8 Å². The molecule has 1 aromatic rings. The van der Waals surface area contributed by atoms with Crippen LogP contribution in [0.4, 0.5) is 11.5 Å². The van der Waals surface area contributed by atoms with Crippen LogP contribution in [0.25, 0.3) is 0 Å². The molecule has 0 fully saturated rings. The zero-order valence-corrected chi connectivity index (χ0v) is 9.42. The molecule has 0 aliphatic carbocycles. The minimum absolute atomic E-state index is 0.0745. The number of nitrogen functional groups attached to an aromatic ring is 1. The lowest BCUT2D eigenvalue weighted by molar-refractivity contribution is -0.387. The number of rotatable bonds is 6. The van der Waals surface area contributed by atoms with E-state index in [1.54, 1.807) is 0 Å². The number of anilines is 1. The third-order valence-electron chi connectivity index (χ3n) is 1.73. The lowest BCUT2D eigenvalue weighted by atomic mass is 10.4. The molecular formula is C7H11N5O4S. The van der Waals surface area contributed by atoms with Crippen molar-refractivity contribution in [2.24, 2.45) is 5.84 Å². The summed E-state index contributed by atoms with van der Waals surface area (Å²) < 4.78 is 0. The van der Waals surface area contributed by atoms with E-state index in [9.17, 15) is 10.1 Å². The fraction of sp³-hybridized carbons (Fsp3) is 0.429. The molecule has 1 aromatic heterocycles. The van der Waals surface area contributed by atoms with Gasteiger partial charge in [0, 0.05) is 5.75 Å². The Bertz CT molecular complexity index is 404. The Morgan fingerprint density at radius 3 is 2.88 bits per heavy atom. The Hall–Kier alpha value is -1.49. The first-order valence-electron chi connectivity index (χ1n) is 4.47. The van der Waals surface area contributed by atoms with Gasteiger partial charge in [0.15, 0.2) is 5.03 Å². The van der Waals surface area contributed by atoms with E-state index in [0.29, 0.717) is 0 Å². The fourth-order valence-corrected chi connectivity index (χ4v) is 1.85. The van der Waals surface area contributed by atoms with Crippen molar-refractivity contribution in [1.29, 1.82) is 0 Å². The van der Waals surface area contributed by atoms with Gasteiger partial charge in [-0.15, -0.1) is 0 Å². The molecule has 0 aromatic carbocycles. The van der Waals surface area contributed by atoms with Gasteiger partial charge >= 0.3 is 5.69 Å². The van der Waals surface area contributed by atoms with E-state index in [2.05, 4.69) is 15.4 Å². The zero-order valence-electron chi connectivity index (χ0n) is 8.61. The average Bonchev–Trinajstić information content (AvgIpc) is 2.34. The highest BCUT2D eigenvalue weighted by Crippen LogP contribution is 2.31. The first-order valence-corrected chi connectivity index (χ1v) is 5.46. The van der Waals surface area contributed by atoms with Gasteiger partial charge in [0.05, 0.1) is 17.6 Å². The number of aliphatic hydroxyl groups excluding tert-OH is 2. The van der Waals surface area contributed by atoms with Crippen molar-refractivity contribution >= 4 is 23.3 Å². The van der Waals surface area contributed by atoms with E-state index in [0.717, 1.165) is 18.1 Å². The number of aromatic nitrogens is 2. The number of thioether (sulfide) groups is 1. The molecule has 0 radical (unpaired) electrons. The quantitative estimate of drug-likeness (QED) is 0.168. The van der Waals surface area contributed by atoms with Crippen LogP contribution in [0.1, 0.15) is 0 Å². The van der Waals surface area contributed by atoms with Crippen molar-refractivity contribution in [2.45, 2.75) is 11.1 Å². The maximum absolute atomic E-state index is 10.8. The number of nitrogens with one attached hydrogen (secondary N) is 1. The second-order valence-electron chi connectivity index (χ2n) is 2.92. The lowest BCUT2D eigenvalue weighted by Crippen LogP contribution is -2.15. The summed E-state index contributed by atoms with van der Waals surface area (Å²) in [6.07, 6.45) is 0.152. The van der Waals surface area contributed by atoms with Crippen molar-refractivity contribution in [3.8, 4) is 0 Å². The Balaban J connectivity index is 2.94. The first kappa shape index (κ1) is 13.6. The average molecular weight is 261 g/mol. The predicted molar refractivity (Wildman–Crippen MR) is 60.3 cm³/mol. The van der Waals surface area contributed by atoms with E-state index < -0.39 is 17.6 Å². The fourth-order valence-electron chi connectivity index (χ4n) is 0.966. The summed E-state index contributed by atoms with van der Waals surface area (Å²) >= 11 is 0.939. The molecule has 0 amide bonds. The molecule has 1 unspecified atom stereocenters. The SMILES string of the molecule is NNc1ncnc(SCC(O)CO)c1[N+](=O)[O-]. The van der Waals surface area contributed by atoms with Gasteiger partial charge in [0.2, 0.25) is 5.82 Å². The van der Waals surface area contributed by atoms with E-state index in [1.807, 2.05) is 0 Å². The molecule has 0 saturated carbocycles. The Morgan fingerprint density at radius 2 is 2.35 bits per heavy atom. The van der Waals surface area contributed by atoms with Crippen LogP contribution in [-0.2, 0) is 0 Å². The van der Waals surface area contributed by atoms with Crippen molar-refractivity contribution in [2.75, 3.05) is 17.8 Å². The molecule has 1 heterocycles. The van der Waals surface area contributed by atoms with Crippen LogP contribution >= 0.6 is 11.8 Å². The summed E-state index contributed by atoms with van der Waals surface area (Å²) in [6, 6.07) is 0. The standard InChI is InChI=1S/C7H11N5O4S/c8-11-6-5(12(15)16)7(10-3-9-6)17-2-4(14)1-13/h3-4,13-14H,1-2,8H2,(H,9,10,11). The van der Waals surface area contributed by atoms with Crippen molar-refractivity contribution in [1.82, 2.24) is 9.97 Å². The number of hydrogen-bond donors (Lipinski definition) is 4. The predicted octanol–water partition coefficient (Wildman–Crippen LogP) is -0.884. The second kappa shape index (κ2) is 6.30. The smallest absolute Gasteiger partial charge is 0.344 e. The molecule has 94 valence electrons. The van der Waals surface area contributed by atoms with Gasteiger partial charge < -0.3 is 15.6 Å². The summed E-state index contributed by atoms with van der Waals surface area (Å²) in [7, 11) is 0. The largest absolute Gasteiger partial charge is 0.394 e. The number of aliphatic hydroxyl groups is 2. The van der Waals surface area contributed by atoms with Gasteiger partial charge in [-0.3, -0.25) is 10.1 Å². The normalized spacial score (nSPS) is 12.2. The lowest BCUT2D eigenvalue weighted by Gasteiger charge is -2.07. The third-order valence-corrected chi connectivity index (χ3v) is 2.85. The highest BCUT2D eigenvalue weighted by Gasteiger charge is 2.23. The van der Waals surface area contributed by atoms with Crippen LogP contribution in [0.2, 0.25) is 0 Å². The van der Waals surface area contributed by atoms with Gasteiger partial charge in [0.25, 0.3) is 0 Å². The van der Waals surface area contributed by atoms with Crippen LogP contribution in [0.3, 0.4) is 0 Å². The van der Waals surface area contributed by atoms with Gasteiger partial charge in [-0.05, 0) is 0 Å². The molecule has 0 saturated heterocycles. The maximum atomic E-state index is 10.8. The van der Waals surface area contributed by atoms with Crippen LogP contribution in [0, 0.1) is 10.1 Å². The monoisotopic (exact) mass is 261 g/mol. The first-order chi connectivity index (χ1) is 8.10. The topological polar surface area (TPSA) is 147 Å². The molecule has 0 aliphatic rings. The van der Waals surface area contributed by atoms with Crippen LogP contribution in [0.5, 0.6) is 0 Å². The molecule has 0 spiro atoms. The third kappa shape index (κ3) is 3.49.